The molecule has 1 aliphatic carbocycles. The third kappa shape index (κ3) is 4.03. The molecule has 0 saturated carbocycles. The molecule has 1 aliphatic rings. The standard InChI is InChI=1S/C48H30/c1-4-13-31(14-5-1)35-25-23-32-24-26-36(30-37(32)29-35)38-27-28-43-46-39(38)21-12-22-42(46)47-44(33-15-6-2-7-16-33)40-19-10-11-20-41(40)45(48(43)47)34-17-8-3-9-18-34/h1-30H. The molecule has 0 atom stereocenters. The van der Waals surface area contributed by atoms with Crippen LogP contribution in [0.15, 0.2) is 182 Å². The normalized spacial score (nSPS) is 11.8. The molecule has 10 rings (SSSR count). The zero-order valence-corrected chi connectivity index (χ0v) is 26.3. The lowest BCUT2D eigenvalue weighted by atomic mass is 9.82. The zero-order valence-electron chi connectivity index (χ0n) is 26.3. The summed E-state index contributed by atoms with van der Waals surface area (Å²) in [5, 5.41) is 7.72. The molecule has 48 heavy (non-hydrogen) atoms. The lowest BCUT2D eigenvalue weighted by Crippen LogP contribution is -1.93. The first kappa shape index (κ1) is 26.9. The molecule has 9 aromatic rings. The van der Waals surface area contributed by atoms with Crippen molar-refractivity contribution < 1.29 is 0 Å². The fourth-order valence-electron chi connectivity index (χ4n) is 8.09. The predicted octanol–water partition coefficient (Wildman–Crippen LogP) is 13.5. The summed E-state index contributed by atoms with van der Waals surface area (Å²) >= 11 is 0. The van der Waals surface area contributed by atoms with Crippen LogP contribution < -0.4 is 0 Å². The van der Waals surface area contributed by atoms with Gasteiger partial charge in [-0.25, -0.2) is 0 Å². The molecule has 0 aliphatic heterocycles. The van der Waals surface area contributed by atoms with Crippen molar-refractivity contribution >= 4 is 32.3 Å². The smallest absolute Gasteiger partial charge is 0.000741 e. The van der Waals surface area contributed by atoms with Crippen molar-refractivity contribution in [2.45, 2.75) is 0 Å². The monoisotopic (exact) mass is 606 g/mol. The quantitative estimate of drug-likeness (QED) is 0.187. The molecule has 0 amide bonds. The maximum absolute atomic E-state index is 2.38. The van der Waals surface area contributed by atoms with Crippen LogP contribution in [0.3, 0.4) is 0 Å². The van der Waals surface area contributed by atoms with E-state index in [-0.39, 0.29) is 0 Å². The van der Waals surface area contributed by atoms with Crippen molar-refractivity contribution in [1.29, 1.82) is 0 Å². The number of benzene rings is 9. The summed E-state index contributed by atoms with van der Waals surface area (Å²) in [7, 11) is 0. The second-order valence-corrected chi connectivity index (χ2v) is 12.8. The van der Waals surface area contributed by atoms with Crippen molar-refractivity contribution in [3.8, 4) is 66.8 Å². The van der Waals surface area contributed by atoms with Gasteiger partial charge in [0, 0.05) is 0 Å². The molecule has 0 nitrogen and oxygen atoms in total. The van der Waals surface area contributed by atoms with Gasteiger partial charge in [-0.3, -0.25) is 0 Å². The molecule has 0 radical (unpaired) electrons. The van der Waals surface area contributed by atoms with Crippen LogP contribution in [0.1, 0.15) is 0 Å². The van der Waals surface area contributed by atoms with E-state index in [1.807, 2.05) is 0 Å². The fourth-order valence-corrected chi connectivity index (χ4v) is 8.09. The summed E-state index contributed by atoms with van der Waals surface area (Å²) in [5.74, 6) is 0. The number of hydrogen-bond donors (Lipinski definition) is 0. The van der Waals surface area contributed by atoms with Crippen LogP contribution in [0.5, 0.6) is 0 Å². The maximum Gasteiger partial charge on any atom is -0.000741 e. The second kappa shape index (κ2) is 10.7. The molecule has 0 heterocycles. The molecule has 0 heteroatoms. The molecule has 0 N–H and O–H groups in total. The van der Waals surface area contributed by atoms with Gasteiger partial charge >= 0.3 is 0 Å². The van der Waals surface area contributed by atoms with Crippen LogP contribution >= 0.6 is 0 Å². The molecule has 0 spiro atoms. The van der Waals surface area contributed by atoms with Crippen molar-refractivity contribution in [3.63, 3.8) is 0 Å². The first-order chi connectivity index (χ1) is 23.8. The van der Waals surface area contributed by atoms with Gasteiger partial charge in [0.1, 0.15) is 0 Å². The summed E-state index contributed by atoms with van der Waals surface area (Å²) in [4.78, 5) is 0. The van der Waals surface area contributed by atoms with Crippen molar-refractivity contribution in [2.24, 2.45) is 0 Å². The summed E-state index contributed by atoms with van der Waals surface area (Å²) in [5.41, 5.74) is 15.4. The Morgan fingerprint density at radius 3 is 1.33 bits per heavy atom. The fraction of sp³-hybridized carbons (Fsp3) is 0. The Labute approximate surface area is 280 Å². The van der Waals surface area contributed by atoms with Crippen LogP contribution in [-0.4, -0.2) is 0 Å². The van der Waals surface area contributed by atoms with Crippen molar-refractivity contribution in [3.05, 3.63) is 182 Å². The third-order valence-corrected chi connectivity index (χ3v) is 10.2. The van der Waals surface area contributed by atoms with Crippen LogP contribution in [0, 0.1) is 0 Å². The molecule has 0 bridgehead atoms. The van der Waals surface area contributed by atoms with Gasteiger partial charge in [-0.05, 0) is 111 Å². The van der Waals surface area contributed by atoms with Crippen LogP contribution in [0.4, 0.5) is 0 Å². The van der Waals surface area contributed by atoms with Gasteiger partial charge < -0.3 is 0 Å². The Bertz CT molecular complexity index is 2590. The molecule has 9 aromatic carbocycles. The van der Waals surface area contributed by atoms with Crippen molar-refractivity contribution in [2.75, 3.05) is 0 Å². The second-order valence-electron chi connectivity index (χ2n) is 12.8. The van der Waals surface area contributed by atoms with E-state index in [1.54, 1.807) is 0 Å². The van der Waals surface area contributed by atoms with Gasteiger partial charge in [0.05, 0.1) is 0 Å². The van der Waals surface area contributed by atoms with E-state index in [9.17, 15) is 0 Å². The average Bonchev–Trinajstić information content (AvgIpc) is 3.49. The summed E-state index contributed by atoms with van der Waals surface area (Å²) < 4.78 is 0. The molecular formula is C48H30. The minimum Gasteiger partial charge on any atom is -0.0622 e. The van der Waals surface area contributed by atoms with E-state index in [1.165, 1.54) is 99.1 Å². The first-order valence-electron chi connectivity index (χ1n) is 16.7. The predicted molar refractivity (Wildman–Crippen MR) is 205 cm³/mol. The van der Waals surface area contributed by atoms with Gasteiger partial charge in [-0.2, -0.15) is 0 Å². The minimum absolute atomic E-state index is 1.24. The van der Waals surface area contributed by atoms with E-state index in [0.29, 0.717) is 0 Å². The average molecular weight is 607 g/mol. The first-order valence-corrected chi connectivity index (χ1v) is 16.7. The Morgan fingerprint density at radius 2 is 0.708 bits per heavy atom. The van der Waals surface area contributed by atoms with Gasteiger partial charge in [0.25, 0.3) is 0 Å². The number of hydrogen-bond acceptors (Lipinski definition) is 0. The maximum atomic E-state index is 2.38. The molecule has 0 fully saturated rings. The van der Waals surface area contributed by atoms with Gasteiger partial charge in [-0.1, -0.05) is 170 Å². The third-order valence-electron chi connectivity index (χ3n) is 10.2. The Hall–Kier alpha value is -6.24. The highest BCUT2D eigenvalue weighted by atomic mass is 14.3. The van der Waals surface area contributed by atoms with Crippen LogP contribution in [0.2, 0.25) is 0 Å². The van der Waals surface area contributed by atoms with Crippen molar-refractivity contribution in [1.82, 2.24) is 0 Å². The molecule has 0 unspecified atom stereocenters. The number of rotatable bonds is 4. The Morgan fingerprint density at radius 1 is 0.229 bits per heavy atom. The highest BCUT2D eigenvalue weighted by Crippen LogP contribution is 2.58. The lowest BCUT2D eigenvalue weighted by Gasteiger charge is -2.20. The molecule has 0 saturated heterocycles. The zero-order chi connectivity index (χ0) is 31.6. The number of fused-ring (bicyclic) bond motifs is 5. The van der Waals surface area contributed by atoms with E-state index < -0.39 is 0 Å². The Kier molecular flexibility index (Phi) is 5.98. The van der Waals surface area contributed by atoms with Gasteiger partial charge in [-0.15, -0.1) is 0 Å². The molecular weight excluding hydrogens is 577 g/mol. The SMILES string of the molecule is c1ccc(-c2ccc3ccc(-c4ccc5c6c(cccc46)-c4c-5c(-c5ccccc5)c5ccccc5c4-c4ccccc4)cc3c2)cc1. The molecule has 0 aromatic heterocycles. The summed E-state index contributed by atoms with van der Waals surface area (Å²) in [6, 6.07) is 66.9. The van der Waals surface area contributed by atoms with Crippen LogP contribution in [0.25, 0.3) is 99.1 Å². The lowest BCUT2D eigenvalue weighted by molar-refractivity contribution is 1.62. The Balaban J connectivity index is 1.26. The minimum atomic E-state index is 1.24. The topological polar surface area (TPSA) is 0 Å². The highest BCUT2D eigenvalue weighted by molar-refractivity contribution is 6.28. The van der Waals surface area contributed by atoms with Crippen LogP contribution in [-0.2, 0) is 0 Å². The van der Waals surface area contributed by atoms with E-state index in [4.69, 9.17) is 0 Å². The van der Waals surface area contributed by atoms with Gasteiger partial charge in [0.2, 0.25) is 0 Å². The highest BCUT2D eigenvalue weighted by Gasteiger charge is 2.31. The summed E-state index contributed by atoms with van der Waals surface area (Å²) in [6.07, 6.45) is 0. The molecule has 222 valence electrons. The largest absolute Gasteiger partial charge is 0.0622 e. The summed E-state index contributed by atoms with van der Waals surface area (Å²) in [6.45, 7) is 0. The van der Waals surface area contributed by atoms with E-state index >= 15 is 0 Å². The van der Waals surface area contributed by atoms with E-state index in [2.05, 4.69) is 182 Å². The van der Waals surface area contributed by atoms with E-state index in [0.717, 1.165) is 0 Å². The van der Waals surface area contributed by atoms with Gasteiger partial charge in [0.15, 0.2) is 0 Å².